The molecule has 3 heterocycles. The molecule has 8 nitrogen and oxygen atoms in total. The van der Waals surface area contributed by atoms with Crippen LogP contribution in [0.5, 0.6) is 5.75 Å². The molecule has 1 aromatic carbocycles. The van der Waals surface area contributed by atoms with Gasteiger partial charge < -0.3 is 14.2 Å². The highest BCUT2D eigenvalue weighted by atomic mass is 32.1. The van der Waals surface area contributed by atoms with Crippen molar-refractivity contribution in [3.05, 3.63) is 52.5 Å². The quantitative estimate of drug-likeness (QED) is 0.572. The molecule has 168 valence electrons. The Labute approximate surface area is 188 Å². The Balaban J connectivity index is 1.52. The summed E-state index contributed by atoms with van der Waals surface area (Å²) < 4.78 is 31.2. The molecule has 4 rings (SSSR count). The first kappa shape index (κ1) is 22.3. The topological polar surface area (TPSA) is 95.5 Å². The van der Waals surface area contributed by atoms with Crippen LogP contribution in [-0.4, -0.2) is 47.5 Å². The number of rotatable bonds is 7. The van der Waals surface area contributed by atoms with E-state index in [9.17, 15) is 9.18 Å². The Kier molecular flexibility index (Phi) is 7.03. The van der Waals surface area contributed by atoms with E-state index in [0.29, 0.717) is 40.4 Å². The van der Waals surface area contributed by atoms with Crippen LogP contribution in [0, 0.1) is 12.7 Å². The summed E-state index contributed by atoms with van der Waals surface area (Å²) in [6.45, 7) is 3.41. The minimum atomic E-state index is -0.494. The van der Waals surface area contributed by atoms with E-state index in [1.165, 1.54) is 30.7 Å². The van der Waals surface area contributed by atoms with Crippen molar-refractivity contribution < 1.29 is 23.4 Å². The lowest BCUT2D eigenvalue weighted by Gasteiger charge is -2.21. The highest BCUT2D eigenvalue weighted by molar-refractivity contribution is 7.15. The maximum atomic E-state index is 14.7. The fraction of sp³-hybridized carbons (Fsp3) is 0.364. The molecule has 0 bridgehead atoms. The van der Waals surface area contributed by atoms with Crippen LogP contribution in [0.4, 0.5) is 9.52 Å². The smallest absolute Gasteiger partial charge is 0.259 e. The number of carbonyl (C=O) groups is 1. The average Bonchev–Trinajstić information content (AvgIpc) is 3.25. The maximum Gasteiger partial charge on any atom is 0.259 e. The monoisotopic (exact) mass is 458 g/mol. The number of hydrogen-bond donors (Lipinski definition) is 1. The third-order valence-electron chi connectivity index (χ3n) is 5.00. The Bertz CT molecular complexity index is 1100. The van der Waals surface area contributed by atoms with Gasteiger partial charge in [0.05, 0.1) is 30.9 Å². The summed E-state index contributed by atoms with van der Waals surface area (Å²) >= 11 is 1.22. The van der Waals surface area contributed by atoms with Gasteiger partial charge in [0.1, 0.15) is 23.2 Å². The molecule has 1 amide bonds. The number of benzene rings is 1. The second-order valence-electron chi connectivity index (χ2n) is 7.29. The summed E-state index contributed by atoms with van der Waals surface area (Å²) in [6, 6.07) is 6.17. The fourth-order valence-electron chi connectivity index (χ4n) is 3.44. The zero-order chi connectivity index (χ0) is 22.5. The number of anilines is 1. The zero-order valence-corrected chi connectivity index (χ0v) is 18.6. The van der Waals surface area contributed by atoms with Gasteiger partial charge in [-0.15, -0.1) is 10.2 Å². The Morgan fingerprint density at radius 2 is 2.25 bits per heavy atom. The number of nitrogens with one attached hydrogen (secondary N) is 1. The van der Waals surface area contributed by atoms with Crippen LogP contribution in [0.3, 0.4) is 0 Å². The molecule has 32 heavy (non-hydrogen) atoms. The Morgan fingerprint density at radius 3 is 3.03 bits per heavy atom. The number of halogens is 1. The van der Waals surface area contributed by atoms with Gasteiger partial charge in [0.25, 0.3) is 5.91 Å². The SMILES string of the molecule is COc1cccc(F)c1-c1cc(C)ncc1C(=O)Nc1nnc(COC2CCCOC2)s1. The summed E-state index contributed by atoms with van der Waals surface area (Å²) in [6.07, 6.45) is 3.38. The molecule has 1 unspecified atom stereocenters. The number of methoxy groups -OCH3 is 1. The second kappa shape index (κ2) is 10.1. The van der Waals surface area contributed by atoms with Gasteiger partial charge in [0.2, 0.25) is 5.13 Å². The van der Waals surface area contributed by atoms with E-state index in [2.05, 4.69) is 20.5 Å². The lowest BCUT2D eigenvalue weighted by Crippen LogP contribution is -2.25. The summed E-state index contributed by atoms with van der Waals surface area (Å²) in [5.74, 6) is -0.639. The number of hydrogen-bond acceptors (Lipinski definition) is 8. The largest absolute Gasteiger partial charge is 0.496 e. The summed E-state index contributed by atoms with van der Waals surface area (Å²) in [4.78, 5) is 17.2. The minimum absolute atomic E-state index is 0.0441. The van der Waals surface area contributed by atoms with Crippen molar-refractivity contribution in [3.63, 3.8) is 0 Å². The van der Waals surface area contributed by atoms with Crippen LogP contribution in [-0.2, 0) is 16.1 Å². The van der Waals surface area contributed by atoms with E-state index >= 15 is 0 Å². The highest BCUT2D eigenvalue weighted by Gasteiger charge is 2.21. The fourth-order valence-corrected chi connectivity index (χ4v) is 4.10. The van der Waals surface area contributed by atoms with E-state index in [-0.39, 0.29) is 17.2 Å². The molecule has 1 N–H and O–H groups in total. The van der Waals surface area contributed by atoms with Crippen molar-refractivity contribution >= 4 is 22.4 Å². The first-order valence-corrected chi connectivity index (χ1v) is 11.0. The van der Waals surface area contributed by atoms with E-state index < -0.39 is 11.7 Å². The van der Waals surface area contributed by atoms with Gasteiger partial charge in [-0.1, -0.05) is 17.4 Å². The van der Waals surface area contributed by atoms with Gasteiger partial charge in [-0.05, 0) is 38.0 Å². The van der Waals surface area contributed by atoms with Crippen molar-refractivity contribution in [2.75, 3.05) is 25.6 Å². The van der Waals surface area contributed by atoms with Crippen molar-refractivity contribution in [3.8, 4) is 16.9 Å². The third-order valence-corrected chi connectivity index (χ3v) is 5.81. The van der Waals surface area contributed by atoms with Crippen LogP contribution in [0.2, 0.25) is 0 Å². The first-order chi connectivity index (χ1) is 15.5. The van der Waals surface area contributed by atoms with Gasteiger partial charge in [0, 0.05) is 24.1 Å². The summed E-state index contributed by atoms with van der Waals surface area (Å²) in [7, 11) is 1.45. The predicted molar refractivity (Wildman–Crippen MR) is 117 cm³/mol. The number of pyridine rings is 1. The molecule has 1 aliphatic heterocycles. The zero-order valence-electron chi connectivity index (χ0n) is 17.8. The van der Waals surface area contributed by atoms with Crippen LogP contribution in [0.1, 0.15) is 33.9 Å². The van der Waals surface area contributed by atoms with Gasteiger partial charge in [0.15, 0.2) is 0 Å². The molecule has 1 fully saturated rings. The third kappa shape index (κ3) is 5.09. The first-order valence-electron chi connectivity index (χ1n) is 10.2. The molecule has 1 saturated heterocycles. The van der Waals surface area contributed by atoms with Crippen LogP contribution >= 0.6 is 11.3 Å². The number of nitrogens with zero attached hydrogens (tertiary/aromatic N) is 3. The van der Waals surface area contributed by atoms with Crippen molar-refractivity contribution in [1.29, 1.82) is 0 Å². The normalized spacial score (nSPS) is 16.0. The molecule has 0 spiro atoms. The molecular formula is C22H23FN4O4S. The number of aromatic nitrogens is 3. The van der Waals surface area contributed by atoms with Gasteiger partial charge in [-0.3, -0.25) is 15.1 Å². The second-order valence-corrected chi connectivity index (χ2v) is 8.36. The van der Waals surface area contributed by atoms with Crippen LogP contribution in [0.25, 0.3) is 11.1 Å². The summed E-state index contributed by atoms with van der Waals surface area (Å²) in [5.41, 5.74) is 1.43. The van der Waals surface area contributed by atoms with E-state index in [1.807, 2.05) is 0 Å². The Morgan fingerprint density at radius 1 is 1.38 bits per heavy atom. The van der Waals surface area contributed by atoms with E-state index in [0.717, 1.165) is 19.4 Å². The molecule has 1 atom stereocenters. The maximum absolute atomic E-state index is 14.7. The lowest BCUT2D eigenvalue weighted by atomic mass is 9.98. The molecular weight excluding hydrogens is 435 g/mol. The number of amides is 1. The minimum Gasteiger partial charge on any atom is -0.496 e. The number of aryl methyl sites for hydroxylation is 1. The molecule has 1 aliphatic rings. The predicted octanol–water partition coefficient (Wildman–Crippen LogP) is 4.00. The molecule has 0 saturated carbocycles. The van der Waals surface area contributed by atoms with Gasteiger partial charge >= 0.3 is 0 Å². The summed E-state index contributed by atoms with van der Waals surface area (Å²) in [5, 5.41) is 11.8. The lowest BCUT2D eigenvalue weighted by molar-refractivity contribution is -0.0570. The molecule has 0 radical (unpaired) electrons. The standard InChI is InChI=1S/C22H23FN4O4S/c1-13-9-15(20-17(23)6-3-7-18(20)29-2)16(10-24-13)21(28)25-22-27-26-19(32-22)12-31-14-5-4-8-30-11-14/h3,6-7,9-10,14H,4-5,8,11-12H2,1-2H3,(H,25,27,28). The van der Waals surface area contributed by atoms with Crippen molar-refractivity contribution in [2.24, 2.45) is 0 Å². The Hall–Kier alpha value is -2.95. The molecule has 3 aromatic rings. The average molecular weight is 459 g/mol. The van der Waals surface area contributed by atoms with E-state index in [4.69, 9.17) is 14.2 Å². The van der Waals surface area contributed by atoms with Gasteiger partial charge in [-0.25, -0.2) is 4.39 Å². The van der Waals surface area contributed by atoms with Crippen LogP contribution < -0.4 is 10.1 Å². The molecule has 10 heteroatoms. The van der Waals surface area contributed by atoms with Crippen molar-refractivity contribution in [2.45, 2.75) is 32.5 Å². The number of ether oxygens (including phenoxy) is 3. The number of carbonyl (C=O) groups excluding carboxylic acids is 1. The van der Waals surface area contributed by atoms with Crippen molar-refractivity contribution in [1.82, 2.24) is 15.2 Å². The highest BCUT2D eigenvalue weighted by Crippen LogP contribution is 2.35. The van der Waals surface area contributed by atoms with Crippen LogP contribution in [0.15, 0.2) is 30.5 Å². The van der Waals surface area contributed by atoms with E-state index in [1.54, 1.807) is 25.1 Å². The molecule has 0 aliphatic carbocycles. The van der Waals surface area contributed by atoms with Gasteiger partial charge in [-0.2, -0.15) is 0 Å². The molecule has 2 aromatic heterocycles.